The number of aromatic nitrogens is 1. The van der Waals surface area contributed by atoms with Crippen LogP contribution in [-0.2, 0) is 5.41 Å². The Balaban J connectivity index is 1.92. The zero-order valence-electron chi connectivity index (χ0n) is 10.5. The van der Waals surface area contributed by atoms with Gasteiger partial charge in [-0.3, -0.25) is 4.98 Å². The number of hydrogen-bond donors (Lipinski definition) is 1. The Kier molecular flexibility index (Phi) is 3.15. The number of piperidine rings is 1. The first-order chi connectivity index (χ1) is 8.42. The molecule has 2 aliphatic rings. The number of hydrogen-bond acceptors (Lipinski definition) is 2. The highest BCUT2D eigenvalue weighted by Gasteiger charge is 2.42. The molecule has 2 fully saturated rings. The summed E-state index contributed by atoms with van der Waals surface area (Å²) >= 11 is 0. The minimum absolute atomic E-state index is 0.455. The highest BCUT2D eigenvalue weighted by Crippen LogP contribution is 2.49. The van der Waals surface area contributed by atoms with E-state index in [9.17, 15) is 0 Å². The van der Waals surface area contributed by atoms with Gasteiger partial charge < -0.3 is 5.32 Å². The second kappa shape index (κ2) is 4.77. The Bertz CT molecular complexity index is 348. The van der Waals surface area contributed by atoms with E-state index < -0.39 is 0 Å². The van der Waals surface area contributed by atoms with Gasteiger partial charge >= 0.3 is 0 Å². The van der Waals surface area contributed by atoms with Crippen molar-refractivity contribution in [1.82, 2.24) is 10.3 Å². The molecule has 92 valence electrons. The zero-order valence-corrected chi connectivity index (χ0v) is 10.5. The maximum absolute atomic E-state index is 4.35. The van der Waals surface area contributed by atoms with Crippen molar-refractivity contribution in [2.75, 3.05) is 13.1 Å². The molecular weight excluding hydrogens is 208 g/mol. The molecule has 0 spiro atoms. The molecule has 0 radical (unpaired) electrons. The molecule has 17 heavy (non-hydrogen) atoms. The summed E-state index contributed by atoms with van der Waals surface area (Å²) in [4.78, 5) is 4.35. The van der Waals surface area contributed by atoms with E-state index in [1.54, 1.807) is 0 Å². The normalized spacial score (nSPS) is 24.9. The lowest BCUT2D eigenvalue weighted by Crippen LogP contribution is -2.40. The van der Waals surface area contributed by atoms with E-state index in [4.69, 9.17) is 0 Å². The molecule has 1 saturated carbocycles. The first-order valence-electron chi connectivity index (χ1n) is 7.03. The SMILES string of the molecule is c1cncc(C2(C3CCNCC3)CCCC2)c1. The second-order valence-corrected chi connectivity index (χ2v) is 5.63. The van der Waals surface area contributed by atoms with Crippen molar-refractivity contribution < 1.29 is 0 Å². The molecule has 1 aromatic rings. The summed E-state index contributed by atoms with van der Waals surface area (Å²) in [6.07, 6.45) is 12.3. The van der Waals surface area contributed by atoms with Gasteiger partial charge in [-0.25, -0.2) is 0 Å². The quantitative estimate of drug-likeness (QED) is 0.845. The Morgan fingerprint density at radius 3 is 2.59 bits per heavy atom. The van der Waals surface area contributed by atoms with Crippen LogP contribution in [0.15, 0.2) is 24.5 Å². The minimum Gasteiger partial charge on any atom is -0.317 e. The van der Waals surface area contributed by atoms with Crippen LogP contribution in [0.1, 0.15) is 44.1 Å². The van der Waals surface area contributed by atoms with Crippen molar-refractivity contribution in [3.8, 4) is 0 Å². The lowest BCUT2D eigenvalue weighted by atomic mass is 9.66. The number of rotatable bonds is 2. The Labute approximate surface area is 104 Å². The van der Waals surface area contributed by atoms with Gasteiger partial charge in [0.25, 0.3) is 0 Å². The Hall–Kier alpha value is -0.890. The average molecular weight is 230 g/mol. The van der Waals surface area contributed by atoms with Gasteiger partial charge in [-0.15, -0.1) is 0 Å². The van der Waals surface area contributed by atoms with Gasteiger partial charge in [0.05, 0.1) is 0 Å². The lowest BCUT2D eigenvalue weighted by Gasteiger charge is -2.40. The second-order valence-electron chi connectivity index (χ2n) is 5.63. The van der Waals surface area contributed by atoms with E-state index in [0.29, 0.717) is 5.41 Å². The fourth-order valence-electron chi connectivity index (χ4n) is 3.97. The molecule has 1 aromatic heterocycles. The summed E-state index contributed by atoms with van der Waals surface area (Å²) in [5.74, 6) is 0.871. The van der Waals surface area contributed by atoms with E-state index >= 15 is 0 Å². The smallest absolute Gasteiger partial charge is 0.0305 e. The maximum atomic E-state index is 4.35. The summed E-state index contributed by atoms with van der Waals surface area (Å²) in [7, 11) is 0. The van der Waals surface area contributed by atoms with Crippen LogP contribution in [0.2, 0.25) is 0 Å². The molecule has 1 aliphatic carbocycles. The first-order valence-corrected chi connectivity index (χ1v) is 7.03. The number of pyridine rings is 1. The summed E-state index contributed by atoms with van der Waals surface area (Å²) < 4.78 is 0. The average Bonchev–Trinajstić information content (AvgIpc) is 2.91. The number of nitrogens with one attached hydrogen (secondary N) is 1. The maximum Gasteiger partial charge on any atom is 0.0305 e. The van der Waals surface area contributed by atoms with Crippen LogP contribution in [0, 0.1) is 5.92 Å². The molecular formula is C15H22N2. The molecule has 2 heterocycles. The molecule has 0 bridgehead atoms. The van der Waals surface area contributed by atoms with E-state index in [0.717, 1.165) is 5.92 Å². The predicted octanol–water partition coefficient (Wildman–Crippen LogP) is 2.89. The first kappa shape index (κ1) is 11.2. The van der Waals surface area contributed by atoms with Gasteiger partial charge in [0, 0.05) is 12.4 Å². The van der Waals surface area contributed by atoms with Crippen molar-refractivity contribution in [3.63, 3.8) is 0 Å². The topological polar surface area (TPSA) is 24.9 Å². The molecule has 1 saturated heterocycles. The van der Waals surface area contributed by atoms with Crippen LogP contribution in [0.4, 0.5) is 0 Å². The molecule has 2 nitrogen and oxygen atoms in total. The highest BCUT2D eigenvalue weighted by atomic mass is 14.9. The molecule has 0 aromatic carbocycles. The Morgan fingerprint density at radius 1 is 1.18 bits per heavy atom. The Morgan fingerprint density at radius 2 is 1.94 bits per heavy atom. The lowest BCUT2D eigenvalue weighted by molar-refractivity contribution is 0.213. The molecule has 0 amide bonds. The van der Waals surface area contributed by atoms with E-state index in [2.05, 4.69) is 28.6 Å². The summed E-state index contributed by atoms with van der Waals surface area (Å²) in [6, 6.07) is 4.41. The van der Waals surface area contributed by atoms with E-state index in [-0.39, 0.29) is 0 Å². The van der Waals surface area contributed by atoms with Crippen LogP contribution in [-0.4, -0.2) is 18.1 Å². The molecule has 1 aliphatic heterocycles. The van der Waals surface area contributed by atoms with Crippen LogP contribution >= 0.6 is 0 Å². The van der Waals surface area contributed by atoms with Gasteiger partial charge in [-0.1, -0.05) is 18.9 Å². The standard InChI is InChI=1S/C15H22N2/c1-2-8-15(7-1,13-5-10-16-11-6-13)14-4-3-9-17-12-14/h3-4,9,12-13,16H,1-2,5-8,10-11H2. The van der Waals surface area contributed by atoms with Crippen LogP contribution in [0.5, 0.6) is 0 Å². The van der Waals surface area contributed by atoms with Crippen LogP contribution in [0.3, 0.4) is 0 Å². The van der Waals surface area contributed by atoms with Crippen molar-refractivity contribution in [3.05, 3.63) is 30.1 Å². The van der Waals surface area contributed by atoms with Crippen molar-refractivity contribution in [2.45, 2.75) is 43.9 Å². The minimum atomic E-state index is 0.455. The third-order valence-electron chi connectivity index (χ3n) is 4.85. The van der Waals surface area contributed by atoms with Crippen molar-refractivity contribution in [2.24, 2.45) is 5.92 Å². The molecule has 3 rings (SSSR count). The molecule has 1 N–H and O–H groups in total. The summed E-state index contributed by atoms with van der Waals surface area (Å²) in [6.45, 7) is 2.40. The molecule has 2 heteroatoms. The van der Waals surface area contributed by atoms with Crippen molar-refractivity contribution >= 4 is 0 Å². The predicted molar refractivity (Wildman–Crippen MR) is 70.0 cm³/mol. The van der Waals surface area contributed by atoms with Crippen molar-refractivity contribution in [1.29, 1.82) is 0 Å². The highest BCUT2D eigenvalue weighted by molar-refractivity contribution is 5.25. The fraction of sp³-hybridized carbons (Fsp3) is 0.667. The largest absolute Gasteiger partial charge is 0.317 e. The third kappa shape index (κ3) is 1.99. The molecule has 0 atom stereocenters. The van der Waals surface area contributed by atoms with Gasteiger partial charge in [-0.05, 0) is 61.7 Å². The van der Waals surface area contributed by atoms with Gasteiger partial charge in [-0.2, -0.15) is 0 Å². The van der Waals surface area contributed by atoms with Gasteiger partial charge in [0.1, 0.15) is 0 Å². The van der Waals surface area contributed by atoms with E-state index in [1.165, 1.54) is 57.2 Å². The number of nitrogens with zero attached hydrogens (tertiary/aromatic N) is 1. The van der Waals surface area contributed by atoms with E-state index in [1.807, 2.05) is 6.20 Å². The monoisotopic (exact) mass is 230 g/mol. The zero-order chi connectivity index (χ0) is 11.6. The van der Waals surface area contributed by atoms with Gasteiger partial charge in [0.2, 0.25) is 0 Å². The summed E-state index contributed by atoms with van der Waals surface area (Å²) in [5.41, 5.74) is 1.96. The van der Waals surface area contributed by atoms with Crippen LogP contribution < -0.4 is 5.32 Å². The van der Waals surface area contributed by atoms with Gasteiger partial charge in [0.15, 0.2) is 0 Å². The third-order valence-corrected chi connectivity index (χ3v) is 4.85. The summed E-state index contributed by atoms with van der Waals surface area (Å²) in [5, 5.41) is 3.49. The van der Waals surface area contributed by atoms with Crippen LogP contribution in [0.25, 0.3) is 0 Å². The molecule has 0 unspecified atom stereocenters. The fourth-order valence-corrected chi connectivity index (χ4v) is 3.97.